The Labute approximate surface area is 118 Å². The molecular formula is C15H18N4O. The van der Waals surface area contributed by atoms with E-state index < -0.39 is 0 Å². The Balaban J connectivity index is 2.01. The molecule has 1 unspecified atom stereocenters. The second kappa shape index (κ2) is 6.75. The molecule has 2 heterocycles. The third-order valence-electron chi connectivity index (χ3n) is 2.97. The molecule has 2 aromatic heterocycles. The average Bonchev–Trinajstić information content (AvgIpc) is 2.46. The molecule has 0 aromatic carbocycles. The van der Waals surface area contributed by atoms with Gasteiger partial charge in [-0.25, -0.2) is 0 Å². The first-order valence-electron chi connectivity index (χ1n) is 6.67. The number of aryl methyl sites for hydroxylation is 1. The van der Waals surface area contributed by atoms with Crippen molar-refractivity contribution in [3.05, 3.63) is 53.9 Å². The van der Waals surface area contributed by atoms with Crippen molar-refractivity contribution in [2.75, 3.05) is 0 Å². The molecule has 0 bridgehead atoms. The number of hydrogen-bond donors (Lipinski definition) is 1. The monoisotopic (exact) mass is 270 g/mol. The van der Waals surface area contributed by atoms with E-state index >= 15 is 0 Å². The fourth-order valence-corrected chi connectivity index (χ4v) is 1.97. The summed E-state index contributed by atoms with van der Waals surface area (Å²) in [6, 6.07) is 5.76. The Bertz CT molecular complexity index is 571. The van der Waals surface area contributed by atoms with Crippen LogP contribution in [0.3, 0.4) is 0 Å². The van der Waals surface area contributed by atoms with Crippen molar-refractivity contribution >= 4 is 5.91 Å². The lowest BCUT2D eigenvalue weighted by Gasteiger charge is -2.16. The first-order valence-corrected chi connectivity index (χ1v) is 6.67. The molecule has 0 aliphatic heterocycles. The number of nitrogens with zero attached hydrogens (tertiary/aromatic N) is 3. The van der Waals surface area contributed by atoms with Gasteiger partial charge in [0, 0.05) is 24.3 Å². The van der Waals surface area contributed by atoms with E-state index in [0.717, 1.165) is 17.8 Å². The van der Waals surface area contributed by atoms with Crippen LogP contribution in [0.5, 0.6) is 0 Å². The van der Waals surface area contributed by atoms with E-state index in [4.69, 9.17) is 0 Å². The van der Waals surface area contributed by atoms with Crippen molar-refractivity contribution in [3.63, 3.8) is 0 Å². The van der Waals surface area contributed by atoms with E-state index in [1.807, 2.05) is 32.0 Å². The lowest BCUT2D eigenvalue weighted by molar-refractivity contribution is -0.121. The molecule has 1 atom stereocenters. The van der Waals surface area contributed by atoms with Gasteiger partial charge in [0.1, 0.15) is 0 Å². The smallest absolute Gasteiger partial charge is 0.226 e. The van der Waals surface area contributed by atoms with Gasteiger partial charge in [0.15, 0.2) is 0 Å². The van der Waals surface area contributed by atoms with Crippen LogP contribution in [0.4, 0.5) is 0 Å². The lowest BCUT2D eigenvalue weighted by atomic mass is 10.1. The molecule has 5 heteroatoms. The minimum absolute atomic E-state index is 0.0688. The van der Waals surface area contributed by atoms with Gasteiger partial charge in [-0.1, -0.05) is 13.0 Å². The molecule has 5 nitrogen and oxygen atoms in total. The summed E-state index contributed by atoms with van der Waals surface area (Å²) in [6.07, 6.45) is 5.80. The largest absolute Gasteiger partial charge is 0.347 e. The maximum absolute atomic E-state index is 12.0. The minimum atomic E-state index is -0.0703. The van der Waals surface area contributed by atoms with E-state index in [9.17, 15) is 4.79 Å². The lowest BCUT2D eigenvalue weighted by Crippen LogP contribution is -2.30. The van der Waals surface area contributed by atoms with Gasteiger partial charge < -0.3 is 5.32 Å². The van der Waals surface area contributed by atoms with Crippen LogP contribution in [0.25, 0.3) is 0 Å². The van der Waals surface area contributed by atoms with Crippen molar-refractivity contribution in [2.45, 2.75) is 32.7 Å². The molecule has 104 valence electrons. The van der Waals surface area contributed by atoms with Crippen molar-refractivity contribution in [3.8, 4) is 0 Å². The van der Waals surface area contributed by atoms with E-state index in [0.29, 0.717) is 5.69 Å². The third kappa shape index (κ3) is 3.85. The molecule has 0 fully saturated rings. The number of carbonyl (C=O) groups is 1. The van der Waals surface area contributed by atoms with Crippen LogP contribution in [0, 0.1) is 6.92 Å². The summed E-state index contributed by atoms with van der Waals surface area (Å²) in [7, 11) is 0. The van der Waals surface area contributed by atoms with Crippen LogP contribution in [0.15, 0.2) is 36.8 Å². The predicted molar refractivity (Wildman–Crippen MR) is 75.9 cm³/mol. The summed E-state index contributed by atoms with van der Waals surface area (Å²) >= 11 is 0. The number of hydrogen-bond acceptors (Lipinski definition) is 4. The Morgan fingerprint density at radius 3 is 2.85 bits per heavy atom. The highest BCUT2D eigenvalue weighted by molar-refractivity contribution is 5.78. The van der Waals surface area contributed by atoms with Gasteiger partial charge >= 0.3 is 0 Å². The van der Waals surface area contributed by atoms with Crippen molar-refractivity contribution in [1.29, 1.82) is 0 Å². The second-order valence-electron chi connectivity index (χ2n) is 4.61. The average molecular weight is 270 g/mol. The molecule has 1 amide bonds. The molecule has 0 spiro atoms. The number of carbonyl (C=O) groups excluding carboxylic acids is 1. The normalized spacial score (nSPS) is 11.9. The van der Waals surface area contributed by atoms with Crippen LogP contribution in [0.2, 0.25) is 0 Å². The Morgan fingerprint density at radius 1 is 1.35 bits per heavy atom. The summed E-state index contributed by atoms with van der Waals surface area (Å²) < 4.78 is 0. The van der Waals surface area contributed by atoms with Crippen LogP contribution < -0.4 is 5.32 Å². The Hall–Kier alpha value is -2.30. The van der Waals surface area contributed by atoms with E-state index in [-0.39, 0.29) is 18.4 Å². The molecule has 20 heavy (non-hydrogen) atoms. The topological polar surface area (TPSA) is 67.8 Å². The second-order valence-corrected chi connectivity index (χ2v) is 4.61. The number of pyridine rings is 1. The molecule has 0 aliphatic rings. The molecule has 2 rings (SSSR count). The maximum Gasteiger partial charge on any atom is 0.226 e. The molecule has 0 saturated heterocycles. The minimum Gasteiger partial charge on any atom is -0.347 e. The fourth-order valence-electron chi connectivity index (χ4n) is 1.97. The molecule has 1 N–H and O–H groups in total. The number of aromatic nitrogens is 3. The van der Waals surface area contributed by atoms with Crippen LogP contribution in [-0.2, 0) is 11.2 Å². The Kier molecular flexibility index (Phi) is 4.76. The fraction of sp³-hybridized carbons (Fsp3) is 0.333. The predicted octanol–water partition coefficient (Wildman–Crippen LogP) is 1.99. The van der Waals surface area contributed by atoms with Gasteiger partial charge in [0.25, 0.3) is 0 Å². The molecular weight excluding hydrogens is 252 g/mol. The molecule has 0 saturated carbocycles. The molecule has 2 aromatic rings. The van der Waals surface area contributed by atoms with Crippen molar-refractivity contribution in [1.82, 2.24) is 20.3 Å². The van der Waals surface area contributed by atoms with Gasteiger partial charge in [0.2, 0.25) is 5.91 Å². The van der Waals surface area contributed by atoms with Gasteiger partial charge in [-0.3, -0.25) is 19.7 Å². The summed E-state index contributed by atoms with van der Waals surface area (Å²) in [6.45, 7) is 3.97. The zero-order valence-electron chi connectivity index (χ0n) is 11.7. The van der Waals surface area contributed by atoms with E-state index in [1.165, 1.54) is 0 Å². The van der Waals surface area contributed by atoms with Crippen LogP contribution in [-0.4, -0.2) is 20.9 Å². The quantitative estimate of drug-likeness (QED) is 0.902. The third-order valence-corrected chi connectivity index (χ3v) is 2.97. The molecule has 0 radical (unpaired) electrons. The van der Waals surface area contributed by atoms with Crippen LogP contribution >= 0.6 is 0 Å². The van der Waals surface area contributed by atoms with Gasteiger partial charge in [-0.2, -0.15) is 0 Å². The summed E-state index contributed by atoms with van der Waals surface area (Å²) in [5.74, 6) is -0.0688. The van der Waals surface area contributed by atoms with Gasteiger partial charge in [-0.05, 0) is 25.5 Å². The zero-order chi connectivity index (χ0) is 14.4. The SMILES string of the molecule is CCC(NC(=O)Cc1cnccn1)c1cccc(C)n1. The Morgan fingerprint density at radius 2 is 2.20 bits per heavy atom. The first-order chi connectivity index (χ1) is 9.69. The zero-order valence-corrected chi connectivity index (χ0v) is 11.7. The van der Waals surface area contributed by atoms with Crippen LogP contribution in [0.1, 0.15) is 36.5 Å². The standard InChI is InChI=1S/C15H18N4O/c1-3-13(14-6-4-5-11(2)18-14)19-15(20)9-12-10-16-7-8-17-12/h4-8,10,13H,3,9H2,1-2H3,(H,19,20). The van der Waals surface area contributed by atoms with Crippen molar-refractivity contribution < 1.29 is 4.79 Å². The highest BCUT2D eigenvalue weighted by Crippen LogP contribution is 2.14. The number of rotatable bonds is 5. The summed E-state index contributed by atoms with van der Waals surface area (Å²) in [5.41, 5.74) is 2.50. The number of nitrogens with one attached hydrogen (secondary N) is 1. The van der Waals surface area contributed by atoms with Crippen molar-refractivity contribution in [2.24, 2.45) is 0 Å². The summed E-state index contributed by atoms with van der Waals surface area (Å²) in [5, 5.41) is 2.99. The van der Waals surface area contributed by atoms with E-state index in [2.05, 4.69) is 20.3 Å². The summed E-state index contributed by atoms with van der Waals surface area (Å²) in [4.78, 5) is 24.5. The highest BCUT2D eigenvalue weighted by Gasteiger charge is 2.14. The number of amides is 1. The first kappa shape index (κ1) is 14.1. The molecule has 0 aliphatic carbocycles. The van der Waals surface area contributed by atoms with E-state index in [1.54, 1.807) is 18.6 Å². The highest BCUT2D eigenvalue weighted by atomic mass is 16.1. The van der Waals surface area contributed by atoms with Gasteiger partial charge in [0.05, 0.1) is 23.9 Å². The van der Waals surface area contributed by atoms with Gasteiger partial charge in [-0.15, -0.1) is 0 Å². The maximum atomic E-state index is 12.0.